The second-order valence-corrected chi connectivity index (χ2v) is 5.79. The Hall–Kier alpha value is -1.47. The zero-order valence-corrected chi connectivity index (χ0v) is 12.5. The van der Waals surface area contributed by atoms with E-state index in [0.717, 1.165) is 6.42 Å². The summed E-state index contributed by atoms with van der Waals surface area (Å²) in [6.45, 7) is 4.12. The predicted molar refractivity (Wildman–Crippen MR) is 84.7 cm³/mol. The van der Waals surface area contributed by atoms with Gasteiger partial charge in [0, 0.05) is 23.8 Å². The normalized spacial score (nSPS) is 12.2. The highest BCUT2D eigenvalue weighted by Crippen LogP contribution is 2.24. The van der Waals surface area contributed by atoms with Gasteiger partial charge in [-0.25, -0.2) is 0 Å². The zero-order valence-electron chi connectivity index (χ0n) is 11.7. The number of hydrogen-bond acceptors (Lipinski definition) is 1. The van der Waals surface area contributed by atoms with E-state index in [1.807, 2.05) is 6.92 Å². The molecule has 0 bridgehead atoms. The summed E-state index contributed by atoms with van der Waals surface area (Å²) in [5, 5.41) is 0.181. The van der Waals surface area contributed by atoms with Crippen LogP contribution in [0.5, 0.6) is 0 Å². The molecule has 2 aromatic carbocycles. The predicted octanol–water partition coefficient (Wildman–Crippen LogP) is 4.93. The molecule has 100 valence electrons. The Morgan fingerprint density at radius 3 is 1.89 bits per heavy atom. The molecule has 0 heterocycles. The number of alkyl halides is 1. The van der Waals surface area contributed by atoms with E-state index in [0.29, 0.717) is 0 Å². The van der Waals surface area contributed by atoms with E-state index in [2.05, 4.69) is 67.4 Å². The standard InChI is InChI=1S/C17H20ClN/c1-13-4-8-16(9-5-13)19(3)17-10-6-15(7-11-17)12-14(2)18/h4-11,14H,12H2,1-3H3. The largest absolute Gasteiger partial charge is 0.345 e. The van der Waals surface area contributed by atoms with Gasteiger partial charge in [-0.2, -0.15) is 0 Å². The maximum atomic E-state index is 6.01. The Labute approximate surface area is 120 Å². The summed E-state index contributed by atoms with van der Waals surface area (Å²) in [6, 6.07) is 17.2. The van der Waals surface area contributed by atoms with Gasteiger partial charge in [0.25, 0.3) is 0 Å². The summed E-state index contributed by atoms with van der Waals surface area (Å²) in [5.74, 6) is 0. The maximum Gasteiger partial charge on any atom is 0.0408 e. The third-order valence-electron chi connectivity index (χ3n) is 3.26. The van der Waals surface area contributed by atoms with Crippen molar-refractivity contribution < 1.29 is 0 Å². The monoisotopic (exact) mass is 273 g/mol. The number of aryl methyl sites for hydroxylation is 1. The maximum absolute atomic E-state index is 6.01. The average molecular weight is 274 g/mol. The molecule has 0 aliphatic carbocycles. The molecule has 0 saturated heterocycles. The van der Waals surface area contributed by atoms with Crippen molar-refractivity contribution in [3.63, 3.8) is 0 Å². The van der Waals surface area contributed by atoms with Crippen LogP contribution in [-0.4, -0.2) is 12.4 Å². The van der Waals surface area contributed by atoms with E-state index in [1.165, 1.54) is 22.5 Å². The number of nitrogens with zero attached hydrogens (tertiary/aromatic N) is 1. The molecule has 1 atom stereocenters. The number of anilines is 2. The first kappa shape index (κ1) is 14.0. The molecule has 1 unspecified atom stereocenters. The van der Waals surface area contributed by atoms with E-state index in [4.69, 9.17) is 11.6 Å². The van der Waals surface area contributed by atoms with Crippen molar-refractivity contribution in [2.24, 2.45) is 0 Å². The highest BCUT2D eigenvalue weighted by molar-refractivity contribution is 6.20. The van der Waals surface area contributed by atoms with Crippen molar-refractivity contribution in [3.8, 4) is 0 Å². The molecule has 0 fully saturated rings. The van der Waals surface area contributed by atoms with E-state index >= 15 is 0 Å². The van der Waals surface area contributed by atoms with Crippen molar-refractivity contribution in [3.05, 3.63) is 59.7 Å². The molecule has 2 heteroatoms. The van der Waals surface area contributed by atoms with Crippen molar-refractivity contribution in [1.82, 2.24) is 0 Å². The molecule has 0 amide bonds. The van der Waals surface area contributed by atoms with Gasteiger partial charge in [-0.15, -0.1) is 11.6 Å². The molecule has 1 nitrogen and oxygen atoms in total. The van der Waals surface area contributed by atoms with Crippen LogP contribution in [0.2, 0.25) is 0 Å². The highest BCUT2D eigenvalue weighted by Gasteiger charge is 2.04. The van der Waals surface area contributed by atoms with Crippen molar-refractivity contribution >= 4 is 23.0 Å². The molecule has 0 aliphatic heterocycles. The summed E-state index contributed by atoms with van der Waals surface area (Å²) >= 11 is 6.01. The van der Waals surface area contributed by atoms with Crippen molar-refractivity contribution in [2.75, 3.05) is 11.9 Å². The van der Waals surface area contributed by atoms with E-state index in [9.17, 15) is 0 Å². The molecule has 2 aromatic rings. The summed E-state index contributed by atoms with van der Waals surface area (Å²) in [5.41, 5.74) is 4.95. The highest BCUT2D eigenvalue weighted by atomic mass is 35.5. The van der Waals surface area contributed by atoms with Crippen LogP contribution in [0.1, 0.15) is 18.1 Å². The zero-order chi connectivity index (χ0) is 13.8. The first-order valence-electron chi connectivity index (χ1n) is 6.59. The SMILES string of the molecule is Cc1ccc(N(C)c2ccc(CC(C)Cl)cc2)cc1. The molecular formula is C17H20ClN. The minimum Gasteiger partial charge on any atom is -0.345 e. The Morgan fingerprint density at radius 1 is 0.947 bits per heavy atom. The van der Waals surface area contributed by atoms with Crippen LogP contribution in [0, 0.1) is 6.92 Å². The second-order valence-electron chi connectivity index (χ2n) is 5.05. The second kappa shape index (κ2) is 6.12. The van der Waals surface area contributed by atoms with Crippen LogP contribution >= 0.6 is 11.6 Å². The Morgan fingerprint density at radius 2 is 1.42 bits per heavy atom. The fourth-order valence-corrected chi connectivity index (χ4v) is 2.28. The third kappa shape index (κ3) is 3.74. The van der Waals surface area contributed by atoms with Crippen LogP contribution in [-0.2, 0) is 6.42 Å². The summed E-state index contributed by atoms with van der Waals surface area (Å²) < 4.78 is 0. The summed E-state index contributed by atoms with van der Waals surface area (Å²) in [4.78, 5) is 2.19. The van der Waals surface area contributed by atoms with Gasteiger partial charge in [-0.05, 0) is 50.1 Å². The molecular weight excluding hydrogens is 254 g/mol. The van der Waals surface area contributed by atoms with Gasteiger partial charge >= 0.3 is 0 Å². The van der Waals surface area contributed by atoms with Gasteiger partial charge in [-0.3, -0.25) is 0 Å². The first-order valence-corrected chi connectivity index (χ1v) is 7.03. The fraction of sp³-hybridized carbons (Fsp3) is 0.294. The number of rotatable bonds is 4. The van der Waals surface area contributed by atoms with Gasteiger partial charge < -0.3 is 4.90 Å². The lowest BCUT2D eigenvalue weighted by atomic mass is 10.1. The van der Waals surface area contributed by atoms with E-state index < -0.39 is 0 Å². The Balaban J connectivity index is 2.15. The lowest BCUT2D eigenvalue weighted by molar-refractivity contribution is 0.931. The van der Waals surface area contributed by atoms with E-state index in [1.54, 1.807) is 0 Å². The minimum atomic E-state index is 0.181. The molecule has 19 heavy (non-hydrogen) atoms. The van der Waals surface area contributed by atoms with Crippen LogP contribution < -0.4 is 4.90 Å². The average Bonchev–Trinajstić information content (AvgIpc) is 2.39. The summed E-state index contributed by atoms with van der Waals surface area (Å²) in [6.07, 6.45) is 0.913. The van der Waals surface area contributed by atoms with Gasteiger partial charge in [-0.1, -0.05) is 29.8 Å². The molecule has 0 radical (unpaired) electrons. The Bertz CT molecular complexity index is 514. The van der Waals surface area contributed by atoms with Crippen LogP contribution in [0.4, 0.5) is 11.4 Å². The minimum absolute atomic E-state index is 0.181. The molecule has 0 aliphatic rings. The topological polar surface area (TPSA) is 3.24 Å². The first-order chi connectivity index (χ1) is 9.06. The van der Waals surface area contributed by atoms with Gasteiger partial charge in [0.1, 0.15) is 0 Å². The molecule has 0 aromatic heterocycles. The molecule has 0 spiro atoms. The van der Waals surface area contributed by atoms with Crippen LogP contribution in [0.15, 0.2) is 48.5 Å². The lowest BCUT2D eigenvalue weighted by Gasteiger charge is -2.20. The number of hydrogen-bond donors (Lipinski definition) is 0. The molecule has 0 saturated carbocycles. The van der Waals surface area contributed by atoms with Crippen LogP contribution in [0.3, 0.4) is 0 Å². The van der Waals surface area contributed by atoms with Crippen molar-refractivity contribution in [2.45, 2.75) is 25.6 Å². The molecule has 0 N–H and O–H groups in total. The number of halogens is 1. The van der Waals surface area contributed by atoms with E-state index in [-0.39, 0.29) is 5.38 Å². The van der Waals surface area contributed by atoms with Crippen molar-refractivity contribution in [1.29, 1.82) is 0 Å². The third-order valence-corrected chi connectivity index (χ3v) is 3.42. The van der Waals surface area contributed by atoms with Gasteiger partial charge in [0.2, 0.25) is 0 Å². The van der Waals surface area contributed by atoms with Gasteiger partial charge in [0.05, 0.1) is 0 Å². The lowest BCUT2D eigenvalue weighted by Crippen LogP contribution is -2.09. The fourth-order valence-electron chi connectivity index (χ4n) is 2.10. The quantitative estimate of drug-likeness (QED) is 0.714. The van der Waals surface area contributed by atoms with Gasteiger partial charge in [0.15, 0.2) is 0 Å². The smallest absolute Gasteiger partial charge is 0.0408 e. The molecule has 2 rings (SSSR count). The summed E-state index contributed by atoms with van der Waals surface area (Å²) in [7, 11) is 2.09. The number of benzene rings is 2. The van der Waals surface area contributed by atoms with Crippen LogP contribution in [0.25, 0.3) is 0 Å². The Kier molecular flexibility index (Phi) is 4.49.